The van der Waals surface area contributed by atoms with E-state index in [1.54, 1.807) is 6.92 Å². The highest BCUT2D eigenvalue weighted by Gasteiger charge is 2.31. The van der Waals surface area contributed by atoms with Crippen molar-refractivity contribution in [2.75, 3.05) is 44.8 Å². The predicted octanol–water partition coefficient (Wildman–Crippen LogP) is 0.297. The number of thiophene rings is 1. The Morgan fingerprint density at radius 1 is 1.28 bits per heavy atom. The van der Waals surface area contributed by atoms with Gasteiger partial charge in [-0.25, -0.2) is 4.79 Å². The molecular weight excluding hydrogens is 344 g/mol. The molecule has 0 saturated carbocycles. The molecule has 7 nitrogen and oxygen atoms in total. The number of hydrogen-bond acceptors (Lipinski definition) is 6. The van der Waals surface area contributed by atoms with Crippen molar-refractivity contribution in [3.8, 4) is 0 Å². The molecule has 1 aromatic rings. The Hall–Kier alpha value is -1.77. The molecule has 2 N–H and O–H groups in total. The van der Waals surface area contributed by atoms with Crippen LogP contribution in [-0.4, -0.2) is 57.1 Å². The summed E-state index contributed by atoms with van der Waals surface area (Å²) in [6.45, 7) is 5.19. The second-order valence-electron chi connectivity index (χ2n) is 6.20. The average Bonchev–Trinajstić information content (AvgIpc) is 2.95. The molecule has 0 bridgehead atoms. The van der Waals surface area contributed by atoms with Gasteiger partial charge in [0, 0.05) is 6.42 Å². The smallest absolute Gasteiger partial charge is 0.341 e. The molecule has 1 fully saturated rings. The first-order valence-electron chi connectivity index (χ1n) is 8.67. The summed E-state index contributed by atoms with van der Waals surface area (Å²) in [4.78, 5) is 38.7. The molecule has 0 aromatic carbocycles. The lowest BCUT2D eigenvalue weighted by molar-refractivity contribution is -0.899. The summed E-state index contributed by atoms with van der Waals surface area (Å²) < 4.78 is 10.4. The van der Waals surface area contributed by atoms with E-state index in [0.717, 1.165) is 30.0 Å². The number of morpholine rings is 1. The molecule has 0 spiro atoms. The van der Waals surface area contributed by atoms with Gasteiger partial charge in [-0.2, -0.15) is 0 Å². The Bertz CT molecular complexity index is 679. The minimum absolute atomic E-state index is 0.0381. The summed E-state index contributed by atoms with van der Waals surface area (Å²) in [6, 6.07) is 0. The lowest BCUT2D eigenvalue weighted by Gasteiger charge is -2.23. The van der Waals surface area contributed by atoms with Crippen molar-refractivity contribution in [1.82, 2.24) is 0 Å². The van der Waals surface area contributed by atoms with Crippen LogP contribution in [0.2, 0.25) is 0 Å². The number of Topliss-reactive ketones (excluding diaryl/α,β-unsaturated/α-hetero) is 1. The topological polar surface area (TPSA) is 86.1 Å². The first kappa shape index (κ1) is 18.0. The molecule has 136 valence electrons. The first-order chi connectivity index (χ1) is 12.1. The molecule has 0 radical (unpaired) electrons. The summed E-state index contributed by atoms with van der Waals surface area (Å²) in [6.07, 6.45) is 1.87. The van der Waals surface area contributed by atoms with Crippen molar-refractivity contribution in [3.63, 3.8) is 0 Å². The number of anilines is 1. The van der Waals surface area contributed by atoms with Crippen molar-refractivity contribution in [1.29, 1.82) is 0 Å². The van der Waals surface area contributed by atoms with Gasteiger partial charge in [0.15, 0.2) is 12.3 Å². The van der Waals surface area contributed by atoms with Crippen LogP contribution >= 0.6 is 11.3 Å². The Morgan fingerprint density at radius 2 is 2.04 bits per heavy atom. The van der Waals surface area contributed by atoms with Crippen LogP contribution in [0.15, 0.2) is 0 Å². The number of carbonyl (C=O) groups excluding carboxylic acids is 3. The Labute approximate surface area is 150 Å². The molecule has 0 unspecified atom stereocenters. The fourth-order valence-electron chi connectivity index (χ4n) is 3.21. The number of amides is 1. The Morgan fingerprint density at radius 3 is 2.76 bits per heavy atom. The van der Waals surface area contributed by atoms with Crippen LogP contribution in [0.1, 0.15) is 45.4 Å². The molecule has 1 amide bonds. The molecule has 2 aliphatic rings. The number of ketones is 1. The third-order valence-corrected chi connectivity index (χ3v) is 5.62. The number of rotatable bonds is 5. The third kappa shape index (κ3) is 4.08. The standard InChI is InChI=1S/C17H22N2O5S/c1-2-24-17(22)14-11-4-3-5-12(20)15(11)25-16(14)18-13(21)10-19-6-8-23-9-7-19/h2-10H2,1H3,(H,18,21)/p+1. The Balaban J connectivity index is 1.80. The van der Waals surface area contributed by atoms with Gasteiger partial charge in [0.05, 0.1) is 30.3 Å². The van der Waals surface area contributed by atoms with Crippen molar-refractivity contribution in [2.24, 2.45) is 0 Å². The van der Waals surface area contributed by atoms with E-state index in [2.05, 4.69) is 5.32 Å². The second kappa shape index (κ2) is 8.07. The van der Waals surface area contributed by atoms with E-state index in [1.807, 2.05) is 0 Å². The van der Waals surface area contributed by atoms with E-state index in [9.17, 15) is 14.4 Å². The summed E-state index contributed by atoms with van der Waals surface area (Å²) in [7, 11) is 0. The largest absolute Gasteiger partial charge is 0.462 e. The summed E-state index contributed by atoms with van der Waals surface area (Å²) in [5, 5.41) is 3.28. The number of ether oxygens (including phenoxy) is 2. The molecule has 1 aromatic heterocycles. The van der Waals surface area contributed by atoms with Gasteiger partial charge in [0.1, 0.15) is 18.1 Å². The minimum Gasteiger partial charge on any atom is -0.462 e. The van der Waals surface area contributed by atoms with Crippen molar-refractivity contribution < 1.29 is 28.8 Å². The van der Waals surface area contributed by atoms with Crippen LogP contribution in [0.5, 0.6) is 0 Å². The van der Waals surface area contributed by atoms with E-state index < -0.39 is 5.97 Å². The van der Waals surface area contributed by atoms with Crippen LogP contribution in [0.25, 0.3) is 0 Å². The van der Waals surface area contributed by atoms with Gasteiger partial charge < -0.3 is 19.7 Å². The normalized spacial score (nSPS) is 17.9. The van der Waals surface area contributed by atoms with Crippen molar-refractivity contribution >= 4 is 34.0 Å². The van der Waals surface area contributed by atoms with Crippen LogP contribution in [-0.2, 0) is 20.7 Å². The molecule has 1 saturated heterocycles. The molecular formula is C17H23N2O5S+. The van der Waals surface area contributed by atoms with E-state index in [-0.39, 0.29) is 18.3 Å². The fourth-order valence-corrected chi connectivity index (χ4v) is 4.43. The van der Waals surface area contributed by atoms with E-state index in [0.29, 0.717) is 48.0 Å². The molecule has 1 aliphatic carbocycles. The lowest BCUT2D eigenvalue weighted by Crippen LogP contribution is -3.15. The number of quaternary nitrogens is 1. The molecule has 25 heavy (non-hydrogen) atoms. The SMILES string of the molecule is CCOC(=O)c1c(NC(=O)C[NH+]2CCOCC2)sc2c1CCCC2=O. The fraction of sp³-hybridized carbons (Fsp3) is 0.588. The van der Waals surface area contributed by atoms with Gasteiger partial charge in [0.25, 0.3) is 5.91 Å². The van der Waals surface area contributed by atoms with Crippen LogP contribution in [0.3, 0.4) is 0 Å². The summed E-state index contributed by atoms with van der Waals surface area (Å²) >= 11 is 1.20. The number of hydrogen-bond donors (Lipinski definition) is 2. The number of nitrogens with one attached hydrogen (secondary N) is 2. The number of esters is 1. The van der Waals surface area contributed by atoms with Crippen LogP contribution in [0, 0.1) is 0 Å². The zero-order valence-electron chi connectivity index (χ0n) is 14.3. The van der Waals surface area contributed by atoms with Gasteiger partial charge in [-0.15, -0.1) is 11.3 Å². The third-order valence-electron chi connectivity index (χ3n) is 4.43. The number of fused-ring (bicyclic) bond motifs is 1. The van der Waals surface area contributed by atoms with E-state index in [4.69, 9.17) is 9.47 Å². The van der Waals surface area contributed by atoms with Crippen LogP contribution < -0.4 is 10.2 Å². The summed E-state index contributed by atoms with van der Waals surface area (Å²) in [5.41, 5.74) is 1.09. The van der Waals surface area contributed by atoms with Gasteiger partial charge >= 0.3 is 5.97 Å². The van der Waals surface area contributed by atoms with E-state index >= 15 is 0 Å². The highest BCUT2D eigenvalue weighted by molar-refractivity contribution is 7.18. The van der Waals surface area contributed by atoms with Crippen LogP contribution in [0.4, 0.5) is 5.00 Å². The molecule has 0 atom stereocenters. The summed E-state index contributed by atoms with van der Waals surface area (Å²) in [5.74, 6) is -0.590. The van der Waals surface area contributed by atoms with Gasteiger partial charge in [-0.3, -0.25) is 9.59 Å². The Kier molecular flexibility index (Phi) is 5.82. The highest BCUT2D eigenvalue weighted by Crippen LogP contribution is 2.38. The van der Waals surface area contributed by atoms with Gasteiger partial charge in [-0.1, -0.05) is 0 Å². The van der Waals surface area contributed by atoms with Crippen molar-refractivity contribution in [3.05, 3.63) is 16.0 Å². The lowest BCUT2D eigenvalue weighted by atomic mass is 9.94. The number of carbonyl (C=O) groups is 3. The van der Waals surface area contributed by atoms with Gasteiger partial charge in [-0.05, 0) is 25.3 Å². The first-order valence-corrected chi connectivity index (χ1v) is 9.49. The predicted molar refractivity (Wildman–Crippen MR) is 92.6 cm³/mol. The average molecular weight is 367 g/mol. The highest BCUT2D eigenvalue weighted by atomic mass is 32.1. The second-order valence-corrected chi connectivity index (χ2v) is 7.22. The minimum atomic E-state index is -0.469. The monoisotopic (exact) mass is 367 g/mol. The zero-order valence-corrected chi connectivity index (χ0v) is 15.1. The maximum atomic E-state index is 12.4. The van der Waals surface area contributed by atoms with E-state index in [1.165, 1.54) is 11.3 Å². The molecule has 3 rings (SSSR count). The van der Waals surface area contributed by atoms with Crippen molar-refractivity contribution in [2.45, 2.75) is 26.2 Å². The maximum absolute atomic E-state index is 12.4. The quantitative estimate of drug-likeness (QED) is 0.731. The van der Waals surface area contributed by atoms with Gasteiger partial charge in [0.2, 0.25) is 0 Å². The zero-order chi connectivity index (χ0) is 17.8. The molecule has 1 aliphatic heterocycles. The molecule has 2 heterocycles. The molecule has 8 heteroatoms. The maximum Gasteiger partial charge on any atom is 0.341 e.